The molecule has 106 valence electrons. The summed E-state index contributed by atoms with van der Waals surface area (Å²) in [5.74, 6) is -1.08. The van der Waals surface area contributed by atoms with Gasteiger partial charge in [0, 0.05) is 12.7 Å². The van der Waals surface area contributed by atoms with Crippen LogP contribution in [0.3, 0.4) is 0 Å². The molecule has 0 spiro atoms. The summed E-state index contributed by atoms with van der Waals surface area (Å²) in [6, 6.07) is 7.57. The molecule has 0 saturated carbocycles. The SMILES string of the molecule is CCCc1ccccc1NC(=O)c1c(C)nn(C)c1F. The zero-order valence-corrected chi connectivity index (χ0v) is 11.9. The van der Waals surface area contributed by atoms with Gasteiger partial charge in [0.05, 0.1) is 5.69 Å². The van der Waals surface area contributed by atoms with E-state index in [1.165, 1.54) is 7.05 Å². The lowest BCUT2D eigenvalue weighted by molar-refractivity contribution is 0.102. The lowest BCUT2D eigenvalue weighted by Crippen LogP contribution is -2.15. The van der Waals surface area contributed by atoms with Crippen LogP contribution in [0.2, 0.25) is 0 Å². The van der Waals surface area contributed by atoms with E-state index in [9.17, 15) is 9.18 Å². The Morgan fingerprint density at radius 2 is 2.10 bits per heavy atom. The number of halogens is 1. The number of anilines is 1. The molecule has 0 aliphatic carbocycles. The molecule has 2 rings (SSSR count). The highest BCUT2D eigenvalue weighted by Gasteiger charge is 2.20. The van der Waals surface area contributed by atoms with E-state index in [0.29, 0.717) is 5.69 Å². The van der Waals surface area contributed by atoms with E-state index in [1.807, 2.05) is 24.3 Å². The first-order valence-electron chi connectivity index (χ1n) is 6.63. The van der Waals surface area contributed by atoms with E-state index in [4.69, 9.17) is 0 Å². The van der Waals surface area contributed by atoms with Crippen LogP contribution < -0.4 is 5.32 Å². The van der Waals surface area contributed by atoms with Crippen LogP contribution in [0.25, 0.3) is 0 Å². The fraction of sp³-hybridized carbons (Fsp3) is 0.333. The maximum absolute atomic E-state index is 13.9. The van der Waals surface area contributed by atoms with Crippen molar-refractivity contribution in [3.63, 3.8) is 0 Å². The third kappa shape index (κ3) is 2.71. The second-order valence-electron chi connectivity index (χ2n) is 4.74. The summed E-state index contributed by atoms with van der Waals surface area (Å²) in [6.07, 6.45) is 1.85. The summed E-state index contributed by atoms with van der Waals surface area (Å²) in [6.45, 7) is 3.69. The normalized spacial score (nSPS) is 10.6. The summed E-state index contributed by atoms with van der Waals surface area (Å²) < 4.78 is 14.9. The average molecular weight is 275 g/mol. The lowest BCUT2D eigenvalue weighted by Gasteiger charge is -2.10. The van der Waals surface area contributed by atoms with Crippen molar-refractivity contribution in [3.05, 3.63) is 47.0 Å². The first kappa shape index (κ1) is 14.2. The van der Waals surface area contributed by atoms with Crippen molar-refractivity contribution in [1.82, 2.24) is 9.78 Å². The van der Waals surface area contributed by atoms with E-state index in [0.717, 1.165) is 28.8 Å². The van der Waals surface area contributed by atoms with Gasteiger partial charge in [-0.05, 0) is 25.0 Å². The van der Waals surface area contributed by atoms with Crippen LogP contribution in [0.4, 0.5) is 10.1 Å². The largest absolute Gasteiger partial charge is 0.322 e. The number of aryl methyl sites for hydroxylation is 3. The van der Waals surface area contributed by atoms with Gasteiger partial charge in [-0.3, -0.25) is 4.79 Å². The van der Waals surface area contributed by atoms with Crippen molar-refractivity contribution in [2.75, 3.05) is 5.32 Å². The van der Waals surface area contributed by atoms with Gasteiger partial charge in [-0.15, -0.1) is 0 Å². The Morgan fingerprint density at radius 1 is 1.40 bits per heavy atom. The standard InChI is InChI=1S/C15H18FN3O/c1-4-7-11-8-5-6-9-12(11)17-15(20)13-10(2)18-19(3)14(13)16/h5-6,8-9H,4,7H2,1-3H3,(H,17,20). The number of nitrogens with one attached hydrogen (secondary N) is 1. The van der Waals surface area contributed by atoms with Gasteiger partial charge in [-0.25, -0.2) is 4.68 Å². The highest BCUT2D eigenvalue weighted by Crippen LogP contribution is 2.19. The molecule has 1 aromatic heterocycles. The Labute approximate surface area is 117 Å². The number of carbonyl (C=O) groups excluding carboxylic acids is 1. The number of para-hydroxylation sites is 1. The van der Waals surface area contributed by atoms with E-state index in [-0.39, 0.29) is 5.56 Å². The minimum absolute atomic E-state index is 0.00111. The summed E-state index contributed by atoms with van der Waals surface area (Å²) in [7, 11) is 1.48. The summed E-state index contributed by atoms with van der Waals surface area (Å²) in [4.78, 5) is 12.2. The number of nitrogens with zero attached hydrogens (tertiary/aromatic N) is 2. The molecule has 0 aliphatic rings. The maximum Gasteiger partial charge on any atom is 0.262 e. The van der Waals surface area contributed by atoms with Gasteiger partial charge in [-0.1, -0.05) is 31.5 Å². The van der Waals surface area contributed by atoms with Crippen LogP contribution in [-0.2, 0) is 13.5 Å². The molecule has 0 aliphatic heterocycles. The fourth-order valence-electron chi connectivity index (χ4n) is 2.20. The predicted molar refractivity (Wildman–Crippen MR) is 76.3 cm³/mol. The van der Waals surface area contributed by atoms with Gasteiger partial charge in [0.25, 0.3) is 5.91 Å². The zero-order valence-electron chi connectivity index (χ0n) is 11.9. The van der Waals surface area contributed by atoms with Crippen molar-refractivity contribution in [3.8, 4) is 0 Å². The Kier molecular flexibility index (Phi) is 4.17. The summed E-state index contributed by atoms with van der Waals surface area (Å²) >= 11 is 0. The maximum atomic E-state index is 13.9. The van der Waals surface area contributed by atoms with Crippen molar-refractivity contribution >= 4 is 11.6 Å². The van der Waals surface area contributed by atoms with Crippen molar-refractivity contribution in [2.45, 2.75) is 26.7 Å². The fourth-order valence-corrected chi connectivity index (χ4v) is 2.20. The highest BCUT2D eigenvalue weighted by molar-refractivity contribution is 6.05. The zero-order chi connectivity index (χ0) is 14.7. The summed E-state index contributed by atoms with van der Waals surface area (Å²) in [5.41, 5.74) is 2.15. The second kappa shape index (κ2) is 5.86. The molecule has 1 amide bonds. The minimum atomic E-state index is -0.618. The molecule has 0 fully saturated rings. The van der Waals surface area contributed by atoms with E-state index < -0.39 is 11.9 Å². The average Bonchev–Trinajstić information content (AvgIpc) is 2.66. The third-order valence-corrected chi connectivity index (χ3v) is 3.16. The predicted octanol–water partition coefficient (Wildman–Crippen LogP) is 3.07. The van der Waals surface area contributed by atoms with Gasteiger partial charge in [0.15, 0.2) is 0 Å². The Hall–Kier alpha value is -2.17. The number of aromatic nitrogens is 2. The highest BCUT2D eigenvalue weighted by atomic mass is 19.1. The molecule has 4 nitrogen and oxygen atoms in total. The van der Waals surface area contributed by atoms with Crippen LogP contribution in [0.15, 0.2) is 24.3 Å². The first-order chi connectivity index (χ1) is 9.54. The molecule has 1 aromatic carbocycles. The van der Waals surface area contributed by atoms with Gasteiger partial charge < -0.3 is 5.32 Å². The molecule has 0 unspecified atom stereocenters. The molecule has 2 aromatic rings. The number of hydrogen-bond acceptors (Lipinski definition) is 2. The van der Waals surface area contributed by atoms with E-state index >= 15 is 0 Å². The lowest BCUT2D eigenvalue weighted by atomic mass is 10.1. The number of rotatable bonds is 4. The van der Waals surface area contributed by atoms with Crippen molar-refractivity contribution in [2.24, 2.45) is 7.05 Å². The van der Waals surface area contributed by atoms with Crippen LogP contribution in [0.5, 0.6) is 0 Å². The van der Waals surface area contributed by atoms with Gasteiger partial charge in [0.2, 0.25) is 5.95 Å². The van der Waals surface area contributed by atoms with Crippen molar-refractivity contribution < 1.29 is 9.18 Å². The molecule has 20 heavy (non-hydrogen) atoms. The number of benzene rings is 1. The Balaban J connectivity index is 2.28. The van der Waals surface area contributed by atoms with Crippen LogP contribution in [-0.4, -0.2) is 15.7 Å². The quantitative estimate of drug-likeness (QED) is 0.932. The van der Waals surface area contributed by atoms with Gasteiger partial charge in [-0.2, -0.15) is 9.49 Å². The molecule has 0 radical (unpaired) electrons. The Morgan fingerprint density at radius 3 is 2.70 bits per heavy atom. The Bertz CT molecular complexity index is 634. The molecule has 0 saturated heterocycles. The van der Waals surface area contributed by atoms with Crippen LogP contribution >= 0.6 is 0 Å². The molecular formula is C15H18FN3O. The van der Waals surface area contributed by atoms with E-state index in [2.05, 4.69) is 17.3 Å². The third-order valence-electron chi connectivity index (χ3n) is 3.16. The monoisotopic (exact) mass is 275 g/mol. The van der Waals surface area contributed by atoms with Crippen LogP contribution in [0, 0.1) is 12.9 Å². The topological polar surface area (TPSA) is 46.9 Å². The molecule has 1 heterocycles. The van der Waals surface area contributed by atoms with Crippen LogP contribution in [0.1, 0.15) is 35.0 Å². The number of carbonyl (C=O) groups is 1. The number of amides is 1. The molecule has 0 atom stereocenters. The first-order valence-corrected chi connectivity index (χ1v) is 6.63. The molecule has 5 heteroatoms. The minimum Gasteiger partial charge on any atom is -0.322 e. The molecule has 1 N–H and O–H groups in total. The smallest absolute Gasteiger partial charge is 0.262 e. The summed E-state index contributed by atoms with van der Waals surface area (Å²) in [5, 5.41) is 6.69. The van der Waals surface area contributed by atoms with Gasteiger partial charge in [0.1, 0.15) is 5.56 Å². The van der Waals surface area contributed by atoms with Crippen molar-refractivity contribution in [1.29, 1.82) is 0 Å². The van der Waals surface area contributed by atoms with E-state index in [1.54, 1.807) is 6.92 Å². The molecule has 0 bridgehead atoms. The van der Waals surface area contributed by atoms with Gasteiger partial charge >= 0.3 is 0 Å². The second-order valence-corrected chi connectivity index (χ2v) is 4.74. The molecular weight excluding hydrogens is 257 g/mol. The number of hydrogen-bond donors (Lipinski definition) is 1.